The van der Waals surface area contributed by atoms with Gasteiger partial charge in [0.1, 0.15) is 12.4 Å². The Bertz CT molecular complexity index is 1370. The van der Waals surface area contributed by atoms with Gasteiger partial charge in [-0.05, 0) is 56.4 Å². The zero-order valence-corrected chi connectivity index (χ0v) is 23.4. The van der Waals surface area contributed by atoms with E-state index in [-0.39, 0.29) is 35.1 Å². The van der Waals surface area contributed by atoms with Gasteiger partial charge < -0.3 is 5.32 Å². The lowest BCUT2D eigenvalue weighted by molar-refractivity contribution is -0.123. The van der Waals surface area contributed by atoms with Crippen molar-refractivity contribution in [1.82, 2.24) is 15.1 Å². The molecule has 1 aliphatic heterocycles. The van der Waals surface area contributed by atoms with Crippen LogP contribution in [0.25, 0.3) is 5.69 Å². The van der Waals surface area contributed by atoms with Gasteiger partial charge in [0, 0.05) is 17.0 Å². The number of anilines is 1. The molecule has 3 aromatic rings. The van der Waals surface area contributed by atoms with Crippen molar-refractivity contribution in [2.75, 3.05) is 17.2 Å². The highest BCUT2D eigenvalue weighted by molar-refractivity contribution is 8.00. The number of carbonyl (C=O) groups excluding carboxylic acids is 2. The normalized spacial score (nSPS) is 17.9. The number of rotatable bonds is 5. The Morgan fingerprint density at radius 2 is 1.84 bits per heavy atom. The van der Waals surface area contributed by atoms with Crippen LogP contribution in [0.2, 0.25) is 0 Å². The van der Waals surface area contributed by atoms with Gasteiger partial charge in [-0.25, -0.2) is 4.68 Å². The van der Waals surface area contributed by atoms with Gasteiger partial charge in [0.25, 0.3) is 0 Å². The summed E-state index contributed by atoms with van der Waals surface area (Å²) in [6, 6.07) is 14.9. The zero-order valence-electron chi connectivity index (χ0n) is 22.6. The summed E-state index contributed by atoms with van der Waals surface area (Å²) in [5, 5.41) is 8.21. The van der Waals surface area contributed by atoms with Crippen molar-refractivity contribution in [3.63, 3.8) is 0 Å². The lowest BCUT2D eigenvalue weighted by Crippen LogP contribution is -2.43. The molecule has 0 radical (unpaired) electrons. The van der Waals surface area contributed by atoms with Crippen LogP contribution in [-0.4, -0.2) is 39.9 Å². The first-order chi connectivity index (χ1) is 17.5. The van der Waals surface area contributed by atoms with E-state index in [4.69, 9.17) is 5.10 Å². The van der Waals surface area contributed by atoms with E-state index >= 15 is 0 Å². The van der Waals surface area contributed by atoms with E-state index in [1.54, 1.807) is 16.7 Å². The van der Waals surface area contributed by atoms with E-state index in [0.29, 0.717) is 11.6 Å². The van der Waals surface area contributed by atoms with E-state index in [0.717, 1.165) is 46.5 Å². The van der Waals surface area contributed by atoms with E-state index in [1.165, 1.54) is 5.56 Å². The second kappa shape index (κ2) is 9.67. The standard InChI is InChI=1S/C30H36N4O2S/c1-18-9-7-11-21(15-18)27-26-28(30(4,5)6)32-34(23-12-8-10-19(2)20(23)3)29(26)33(25(36)17-37-27)16-24(35)31-22-13-14-22/h7-12,15,22,27H,13-14,16-17H2,1-6H3,(H,31,35). The van der Waals surface area contributed by atoms with Crippen LogP contribution in [0.15, 0.2) is 42.5 Å². The fourth-order valence-electron chi connectivity index (χ4n) is 4.95. The minimum absolute atomic E-state index is 0.0103. The van der Waals surface area contributed by atoms with Crippen LogP contribution in [0.3, 0.4) is 0 Å². The predicted octanol–water partition coefficient (Wildman–Crippen LogP) is 5.54. The maximum Gasteiger partial charge on any atom is 0.240 e. The number of fused-ring (bicyclic) bond motifs is 1. The van der Waals surface area contributed by atoms with Crippen LogP contribution < -0.4 is 10.2 Å². The van der Waals surface area contributed by atoms with Crippen LogP contribution in [0.5, 0.6) is 0 Å². The van der Waals surface area contributed by atoms with Crippen LogP contribution in [0.1, 0.15) is 72.4 Å². The number of hydrogen-bond acceptors (Lipinski definition) is 4. The molecule has 2 amide bonds. The molecule has 1 fully saturated rings. The Morgan fingerprint density at radius 1 is 1.11 bits per heavy atom. The molecule has 0 spiro atoms. The number of nitrogens with one attached hydrogen (secondary N) is 1. The summed E-state index contributed by atoms with van der Waals surface area (Å²) in [5.74, 6) is 0.817. The molecule has 6 nitrogen and oxygen atoms in total. The molecule has 0 saturated heterocycles. The molecule has 1 saturated carbocycles. The maximum atomic E-state index is 13.7. The summed E-state index contributed by atoms with van der Waals surface area (Å²) in [7, 11) is 0. The summed E-state index contributed by atoms with van der Waals surface area (Å²) >= 11 is 1.62. The summed E-state index contributed by atoms with van der Waals surface area (Å²) in [4.78, 5) is 28.5. The number of aryl methyl sites for hydroxylation is 2. The van der Waals surface area contributed by atoms with Crippen molar-refractivity contribution in [2.24, 2.45) is 0 Å². The lowest BCUT2D eigenvalue weighted by atomic mass is 9.87. The Balaban J connectivity index is 1.78. The van der Waals surface area contributed by atoms with Crippen molar-refractivity contribution >= 4 is 29.4 Å². The average molecular weight is 517 g/mol. The third-order valence-corrected chi connectivity index (χ3v) is 8.45. The van der Waals surface area contributed by atoms with Crippen molar-refractivity contribution in [3.8, 4) is 5.69 Å². The van der Waals surface area contributed by atoms with E-state index in [2.05, 4.69) is 83.3 Å². The molecule has 0 bridgehead atoms. The summed E-state index contributed by atoms with van der Waals surface area (Å²) in [6.45, 7) is 12.8. The first-order valence-corrected chi connectivity index (χ1v) is 14.1. The summed E-state index contributed by atoms with van der Waals surface area (Å²) in [6.07, 6.45) is 2.01. The van der Waals surface area contributed by atoms with Gasteiger partial charge in [-0.2, -0.15) is 5.10 Å². The first-order valence-electron chi connectivity index (χ1n) is 13.0. The third kappa shape index (κ3) is 5.06. The quantitative estimate of drug-likeness (QED) is 0.483. The molecule has 5 rings (SSSR count). The molecule has 1 aliphatic carbocycles. The van der Waals surface area contributed by atoms with E-state index in [1.807, 2.05) is 10.7 Å². The number of hydrogen-bond donors (Lipinski definition) is 1. The smallest absolute Gasteiger partial charge is 0.240 e. The molecule has 2 aromatic carbocycles. The second-order valence-electron chi connectivity index (χ2n) is 11.4. The van der Waals surface area contributed by atoms with Crippen molar-refractivity contribution in [2.45, 2.75) is 71.1 Å². The molecule has 194 valence electrons. The SMILES string of the molecule is Cc1cccc(C2SCC(=O)N(CC(=O)NC3CC3)c3c2c(C(C)(C)C)nn3-c2cccc(C)c2C)c1. The van der Waals surface area contributed by atoms with E-state index in [9.17, 15) is 9.59 Å². The topological polar surface area (TPSA) is 67.2 Å². The average Bonchev–Trinajstić information content (AvgIpc) is 3.57. The Morgan fingerprint density at radius 3 is 2.51 bits per heavy atom. The highest BCUT2D eigenvalue weighted by Crippen LogP contribution is 2.48. The first kappa shape index (κ1) is 25.6. The van der Waals surface area contributed by atoms with Gasteiger partial charge in [0.2, 0.25) is 11.8 Å². The molecule has 37 heavy (non-hydrogen) atoms. The Hall–Kier alpha value is -3.06. The summed E-state index contributed by atoms with van der Waals surface area (Å²) in [5.41, 5.74) is 7.21. The monoisotopic (exact) mass is 516 g/mol. The molecule has 1 aromatic heterocycles. The number of benzene rings is 2. The molecule has 2 aliphatic rings. The minimum atomic E-state index is -0.273. The summed E-state index contributed by atoms with van der Waals surface area (Å²) < 4.78 is 1.93. The Kier molecular flexibility index (Phi) is 6.69. The van der Waals surface area contributed by atoms with Gasteiger partial charge in [0.15, 0.2) is 0 Å². The fraction of sp³-hybridized carbons (Fsp3) is 0.433. The second-order valence-corrected chi connectivity index (χ2v) is 12.5. The van der Waals surface area contributed by atoms with Crippen LogP contribution >= 0.6 is 11.8 Å². The number of aromatic nitrogens is 2. The number of amides is 2. The highest BCUT2D eigenvalue weighted by Gasteiger charge is 2.40. The maximum absolute atomic E-state index is 13.7. The largest absolute Gasteiger partial charge is 0.352 e. The molecular weight excluding hydrogens is 480 g/mol. The van der Waals surface area contributed by atoms with Gasteiger partial charge in [-0.1, -0.05) is 62.7 Å². The van der Waals surface area contributed by atoms with Gasteiger partial charge in [-0.15, -0.1) is 11.8 Å². The van der Waals surface area contributed by atoms with E-state index < -0.39 is 0 Å². The number of carbonyl (C=O) groups is 2. The highest BCUT2D eigenvalue weighted by atomic mass is 32.2. The van der Waals surface area contributed by atoms with Crippen molar-refractivity contribution in [1.29, 1.82) is 0 Å². The van der Waals surface area contributed by atoms with Crippen LogP contribution in [0, 0.1) is 20.8 Å². The van der Waals surface area contributed by atoms with Gasteiger partial charge >= 0.3 is 0 Å². The molecular formula is C30H36N4O2S. The fourth-order valence-corrected chi connectivity index (χ4v) is 6.14. The number of thioether (sulfide) groups is 1. The molecule has 1 atom stereocenters. The van der Waals surface area contributed by atoms with Crippen molar-refractivity contribution < 1.29 is 9.59 Å². The Labute approximate surface area is 223 Å². The molecule has 7 heteroatoms. The molecule has 1 unspecified atom stereocenters. The zero-order chi connectivity index (χ0) is 26.5. The van der Waals surface area contributed by atoms with Crippen molar-refractivity contribution in [3.05, 3.63) is 76.0 Å². The third-order valence-electron chi connectivity index (χ3n) is 7.19. The van der Waals surface area contributed by atoms with Gasteiger partial charge in [-0.3, -0.25) is 14.5 Å². The predicted molar refractivity (Wildman–Crippen MR) is 151 cm³/mol. The van der Waals surface area contributed by atoms with Crippen LogP contribution in [0.4, 0.5) is 5.82 Å². The number of nitrogens with zero attached hydrogens (tertiary/aromatic N) is 3. The minimum Gasteiger partial charge on any atom is -0.352 e. The molecule has 1 N–H and O–H groups in total. The molecule has 2 heterocycles. The lowest BCUT2D eigenvalue weighted by Gasteiger charge is -2.25. The van der Waals surface area contributed by atoms with Gasteiger partial charge in [0.05, 0.1) is 22.4 Å². The van der Waals surface area contributed by atoms with Crippen LogP contribution in [-0.2, 0) is 15.0 Å².